The monoisotopic (exact) mass is 255 g/mol. The molecule has 0 saturated carbocycles. The maximum atomic E-state index is 12.0. The minimum absolute atomic E-state index is 0.188. The Morgan fingerprint density at radius 2 is 1.68 bits per heavy atom. The van der Waals surface area contributed by atoms with Crippen molar-refractivity contribution in [3.05, 3.63) is 65.2 Å². The summed E-state index contributed by atoms with van der Waals surface area (Å²) in [5.74, 6) is -1.21. The van der Waals surface area contributed by atoms with Crippen molar-refractivity contribution >= 4 is 17.6 Å². The Hall–Kier alpha value is -2.62. The first-order valence-electron chi connectivity index (χ1n) is 5.77. The summed E-state index contributed by atoms with van der Waals surface area (Å²) < 4.78 is 0. The molecule has 2 rings (SSSR count). The van der Waals surface area contributed by atoms with Crippen LogP contribution in [0.25, 0.3) is 0 Å². The van der Waals surface area contributed by atoms with Gasteiger partial charge in [0.05, 0.1) is 5.56 Å². The molecule has 1 amide bonds. The van der Waals surface area contributed by atoms with Crippen LogP contribution in [0.3, 0.4) is 0 Å². The molecule has 0 radical (unpaired) electrons. The number of nitrogens with one attached hydrogen (secondary N) is 1. The highest BCUT2D eigenvalue weighted by atomic mass is 16.4. The predicted molar refractivity (Wildman–Crippen MR) is 72.5 cm³/mol. The van der Waals surface area contributed by atoms with Gasteiger partial charge in [-0.1, -0.05) is 17.7 Å². The minimum Gasteiger partial charge on any atom is -0.478 e. The number of carboxylic acids is 1. The van der Waals surface area contributed by atoms with Crippen molar-refractivity contribution in [2.75, 3.05) is 5.32 Å². The summed E-state index contributed by atoms with van der Waals surface area (Å²) >= 11 is 0. The summed E-state index contributed by atoms with van der Waals surface area (Å²) in [6, 6.07) is 13.3. The van der Waals surface area contributed by atoms with E-state index in [0.29, 0.717) is 11.3 Å². The van der Waals surface area contributed by atoms with E-state index in [1.165, 1.54) is 12.1 Å². The Morgan fingerprint density at radius 1 is 1.00 bits per heavy atom. The first-order valence-corrected chi connectivity index (χ1v) is 5.77. The molecular weight excluding hydrogens is 242 g/mol. The first kappa shape index (κ1) is 12.8. The zero-order valence-corrected chi connectivity index (χ0v) is 10.4. The Labute approximate surface area is 110 Å². The lowest BCUT2D eigenvalue weighted by atomic mass is 10.1. The molecule has 0 saturated heterocycles. The van der Waals surface area contributed by atoms with Crippen molar-refractivity contribution in [1.82, 2.24) is 0 Å². The molecule has 0 aromatic heterocycles. The number of hydrogen-bond donors (Lipinski definition) is 2. The standard InChI is InChI=1S/C15H13NO3/c1-10-3-2-4-12(9-10)14(17)16-13-7-5-11(6-8-13)15(18)19/h2-9H,1H3,(H,16,17)(H,18,19). The maximum absolute atomic E-state index is 12.0. The molecule has 0 bridgehead atoms. The number of aryl methyl sites for hydroxylation is 1. The van der Waals surface area contributed by atoms with Crippen molar-refractivity contribution in [1.29, 1.82) is 0 Å². The number of carbonyl (C=O) groups excluding carboxylic acids is 1. The van der Waals surface area contributed by atoms with Crippen molar-refractivity contribution < 1.29 is 14.7 Å². The molecule has 2 aromatic rings. The Kier molecular flexibility index (Phi) is 3.61. The smallest absolute Gasteiger partial charge is 0.335 e. The maximum Gasteiger partial charge on any atom is 0.335 e. The van der Waals surface area contributed by atoms with Crippen LogP contribution in [-0.2, 0) is 0 Å². The number of benzene rings is 2. The predicted octanol–water partition coefficient (Wildman–Crippen LogP) is 2.95. The van der Waals surface area contributed by atoms with E-state index in [1.54, 1.807) is 24.3 Å². The van der Waals surface area contributed by atoms with Gasteiger partial charge in [0.2, 0.25) is 0 Å². The quantitative estimate of drug-likeness (QED) is 0.886. The van der Waals surface area contributed by atoms with Crippen LogP contribution >= 0.6 is 0 Å². The van der Waals surface area contributed by atoms with Crippen LogP contribution in [-0.4, -0.2) is 17.0 Å². The van der Waals surface area contributed by atoms with Gasteiger partial charge in [0.15, 0.2) is 0 Å². The molecule has 0 aliphatic carbocycles. The number of amides is 1. The molecule has 96 valence electrons. The van der Waals surface area contributed by atoms with Gasteiger partial charge in [-0.15, -0.1) is 0 Å². The van der Waals surface area contributed by atoms with Crippen LogP contribution in [0.5, 0.6) is 0 Å². The second-order valence-electron chi connectivity index (χ2n) is 4.21. The highest BCUT2D eigenvalue weighted by Crippen LogP contribution is 2.12. The van der Waals surface area contributed by atoms with Crippen molar-refractivity contribution in [3.8, 4) is 0 Å². The van der Waals surface area contributed by atoms with E-state index < -0.39 is 5.97 Å². The van der Waals surface area contributed by atoms with E-state index >= 15 is 0 Å². The van der Waals surface area contributed by atoms with Crippen LogP contribution in [0.2, 0.25) is 0 Å². The molecule has 0 aliphatic rings. The lowest BCUT2D eigenvalue weighted by Gasteiger charge is -2.06. The van der Waals surface area contributed by atoms with E-state index in [4.69, 9.17) is 5.11 Å². The Bertz CT molecular complexity index is 618. The number of anilines is 1. The summed E-state index contributed by atoms with van der Waals surface area (Å²) in [6.07, 6.45) is 0. The molecule has 0 spiro atoms. The average Bonchev–Trinajstić information content (AvgIpc) is 2.39. The molecule has 4 nitrogen and oxygen atoms in total. The number of carboxylic acid groups (broad SMARTS) is 1. The number of carbonyl (C=O) groups is 2. The largest absolute Gasteiger partial charge is 0.478 e. The molecular formula is C15H13NO3. The molecule has 4 heteroatoms. The van der Waals surface area contributed by atoms with Crippen LogP contribution in [0, 0.1) is 6.92 Å². The Balaban J connectivity index is 2.13. The SMILES string of the molecule is Cc1cccc(C(=O)Nc2ccc(C(=O)O)cc2)c1. The third-order valence-corrected chi connectivity index (χ3v) is 2.67. The fourth-order valence-corrected chi connectivity index (χ4v) is 1.69. The third-order valence-electron chi connectivity index (χ3n) is 2.67. The van der Waals surface area contributed by atoms with Gasteiger partial charge in [-0.2, -0.15) is 0 Å². The molecule has 0 aliphatic heterocycles. The topological polar surface area (TPSA) is 66.4 Å². The number of rotatable bonds is 3. The molecule has 0 atom stereocenters. The van der Waals surface area contributed by atoms with E-state index in [9.17, 15) is 9.59 Å². The summed E-state index contributed by atoms with van der Waals surface area (Å²) in [5.41, 5.74) is 2.33. The summed E-state index contributed by atoms with van der Waals surface area (Å²) in [6.45, 7) is 1.92. The van der Waals surface area contributed by atoms with Gasteiger partial charge in [-0.25, -0.2) is 4.79 Å². The van der Waals surface area contributed by atoms with Gasteiger partial charge in [-0.05, 0) is 43.3 Å². The second-order valence-corrected chi connectivity index (χ2v) is 4.21. The normalized spacial score (nSPS) is 9.95. The van der Waals surface area contributed by atoms with Gasteiger partial charge in [-0.3, -0.25) is 4.79 Å². The highest BCUT2D eigenvalue weighted by molar-refractivity contribution is 6.04. The zero-order chi connectivity index (χ0) is 13.8. The second kappa shape index (κ2) is 5.35. The van der Waals surface area contributed by atoms with Gasteiger partial charge in [0.25, 0.3) is 5.91 Å². The Morgan fingerprint density at radius 3 is 2.26 bits per heavy atom. The van der Waals surface area contributed by atoms with Gasteiger partial charge < -0.3 is 10.4 Å². The van der Waals surface area contributed by atoms with E-state index in [1.807, 2.05) is 19.1 Å². The van der Waals surface area contributed by atoms with E-state index in [0.717, 1.165) is 5.56 Å². The van der Waals surface area contributed by atoms with E-state index in [-0.39, 0.29) is 11.5 Å². The van der Waals surface area contributed by atoms with Gasteiger partial charge in [0.1, 0.15) is 0 Å². The van der Waals surface area contributed by atoms with Crippen molar-refractivity contribution in [2.45, 2.75) is 6.92 Å². The number of hydrogen-bond acceptors (Lipinski definition) is 2. The average molecular weight is 255 g/mol. The molecule has 0 heterocycles. The lowest BCUT2D eigenvalue weighted by molar-refractivity contribution is 0.0696. The highest BCUT2D eigenvalue weighted by Gasteiger charge is 2.07. The van der Waals surface area contributed by atoms with Crippen LogP contribution < -0.4 is 5.32 Å². The summed E-state index contributed by atoms with van der Waals surface area (Å²) in [7, 11) is 0. The number of aromatic carboxylic acids is 1. The summed E-state index contributed by atoms with van der Waals surface area (Å²) in [4.78, 5) is 22.7. The third kappa shape index (κ3) is 3.19. The lowest BCUT2D eigenvalue weighted by Crippen LogP contribution is -2.12. The minimum atomic E-state index is -0.989. The molecule has 19 heavy (non-hydrogen) atoms. The fourth-order valence-electron chi connectivity index (χ4n) is 1.69. The van der Waals surface area contributed by atoms with Crippen LogP contribution in [0.1, 0.15) is 26.3 Å². The van der Waals surface area contributed by atoms with E-state index in [2.05, 4.69) is 5.32 Å². The summed E-state index contributed by atoms with van der Waals surface area (Å²) in [5, 5.41) is 11.5. The molecule has 2 aromatic carbocycles. The molecule has 2 N–H and O–H groups in total. The van der Waals surface area contributed by atoms with Crippen LogP contribution in [0.15, 0.2) is 48.5 Å². The van der Waals surface area contributed by atoms with Gasteiger partial charge >= 0.3 is 5.97 Å². The fraction of sp³-hybridized carbons (Fsp3) is 0.0667. The zero-order valence-electron chi connectivity index (χ0n) is 10.4. The van der Waals surface area contributed by atoms with Gasteiger partial charge in [0, 0.05) is 11.3 Å². The molecule has 0 fully saturated rings. The van der Waals surface area contributed by atoms with Crippen molar-refractivity contribution in [2.24, 2.45) is 0 Å². The molecule has 0 unspecified atom stereocenters. The van der Waals surface area contributed by atoms with Crippen molar-refractivity contribution in [3.63, 3.8) is 0 Å². The first-order chi connectivity index (χ1) is 9.06. The van der Waals surface area contributed by atoms with Crippen LogP contribution in [0.4, 0.5) is 5.69 Å².